The molecule has 0 atom stereocenters. The highest BCUT2D eigenvalue weighted by atomic mass is 79.9. The molecule has 1 N–H and O–H groups in total. The van der Waals surface area contributed by atoms with Crippen molar-refractivity contribution in [1.82, 2.24) is 9.88 Å². The van der Waals surface area contributed by atoms with Crippen molar-refractivity contribution < 1.29 is 4.74 Å². The Morgan fingerprint density at radius 2 is 2.19 bits per heavy atom. The Kier molecular flexibility index (Phi) is 3.21. The quantitative estimate of drug-likeness (QED) is 0.937. The van der Waals surface area contributed by atoms with Crippen molar-refractivity contribution in [2.24, 2.45) is 7.05 Å². The number of nitrogens with one attached hydrogen (secondary N) is 1. The van der Waals surface area contributed by atoms with Gasteiger partial charge in [0.1, 0.15) is 5.75 Å². The van der Waals surface area contributed by atoms with Crippen molar-refractivity contribution in [1.29, 1.82) is 0 Å². The van der Waals surface area contributed by atoms with E-state index in [4.69, 9.17) is 4.74 Å². The highest BCUT2D eigenvalue weighted by Crippen LogP contribution is 2.32. The van der Waals surface area contributed by atoms with Crippen molar-refractivity contribution in [3.05, 3.63) is 28.4 Å². The molecule has 4 heteroatoms. The van der Waals surface area contributed by atoms with Gasteiger partial charge in [-0.05, 0) is 35.1 Å². The molecule has 0 unspecified atom stereocenters. The second-order valence-corrected chi connectivity index (χ2v) is 4.53. The van der Waals surface area contributed by atoms with E-state index in [-0.39, 0.29) is 0 Å². The summed E-state index contributed by atoms with van der Waals surface area (Å²) in [6, 6.07) is 6.12. The summed E-state index contributed by atoms with van der Waals surface area (Å²) in [5, 5.41) is 4.39. The monoisotopic (exact) mass is 282 g/mol. The summed E-state index contributed by atoms with van der Waals surface area (Å²) in [7, 11) is 5.71. The summed E-state index contributed by atoms with van der Waals surface area (Å²) in [6.45, 7) is 0.841. The zero-order valence-corrected chi connectivity index (χ0v) is 11.3. The van der Waals surface area contributed by atoms with Crippen LogP contribution in [0.2, 0.25) is 0 Å². The average Bonchev–Trinajstić information content (AvgIpc) is 2.54. The molecular weight excluding hydrogens is 268 g/mol. The molecule has 3 nitrogen and oxygen atoms in total. The molecule has 1 heterocycles. The molecule has 0 fully saturated rings. The van der Waals surface area contributed by atoms with Crippen LogP contribution in [-0.2, 0) is 13.6 Å². The van der Waals surface area contributed by atoms with Gasteiger partial charge in [0.15, 0.2) is 0 Å². The Hall–Kier alpha value is -1.00. The average molecular weight is 283 g/mol. The molecule has 1 aromatic heterocycles. The van der Waals surface area contributed by atoms with Gasteiger partial charge in [0, 0.05) is 35.2 Å². The van der Waals surface area contributed by atoms with Crippen LogP contribution >= 0.6 is 15.9 Å². The normalized spacial score (nSPS) is 11.0. The maximum atomic E-state index is 5.24. The Morgan fingerprint density at radius 3 is 2.81 bits per heavy atom. The highest BCUT2D eigenvalue weighted by Gasteiger charge is 2.12. The van der Waals surface area contributed by atoms with Gasteiger partial charge in [-0.3, -0.25) is 0 Å². The number of halogens is 1. The SMILES string of the molecule is CNCc1c(Br)c2ccc(OC)cc2n1C. The largest absolute Gasteiger partial charge is 0.497 e. The zero-order valence-electron chi connectivity index (χ0n) is 9.67. The maximum Gasteiger partial charge on any atom is 0.120 e. The number of hydrogen-bond donors (Lipinski definition) is 1. The molecule has 0 aliphatic heterocycles. The van der Waals surface area contributed by atoms with Crippen LogP contribution in [0.25, 0.3) is 10.9 Å². The fourth-order valence-corrected chi connectivity index (χ4v) is 2.65. The van der Waals surface area contributed by atoms with Crippen molar-refractivity contribution >= 4 is 26.8 Å². The number of hydrogen-bond acceptors (Lipinski definition) is 2. The molecular formula is C12H15BrN2O. The van der Waals surface area contributed by atoms with E-state index in [1.54, 1.807) is 7.11 Å². The molecule has 0 amide bonds. The van der Waals surface area contributed by atoms with Gasteiger partial charge < -0.3 is 14.6 Å². The van der Waals surface area contributed by atoms with Crippen LogP contribution in [0.1, 0.15) is 5.69 Å². The van der Waals surface area contributed by atoms with Crippen LogP contribution in [0.15, 0.2) is 22.7 Å². The lowest BCUT2D eigenvalue weighted by Crippen LogP contribution is -2.09. The third-order valence-corrected chi connectivity index (χ3v) is 3.69. The van der Waals surface area contributed by atoms with Gasteiger partial charge in [-0.15, -0.1) is 0 Å². The molecule has 16 heavy (non-hydrogen) atoms. The smallest absolute Gasteiger partial charge is 0.120 e. The standard InChI is InChI=1S/C12H15BrN2O/c1-14-7-11-12(13)9-5-4-8(16-3)6-10(9)15(11)2/h4-6,14H,7H2,1-3H3. The van der Waals surface area contributed by atoms with Crippen molar-refractivity contribution in [2.45, 2.75) is 6.54 Å². The minimum Gasteiger partial charge on any atom is -0.497 e. The number of fused-ring (bicyclic) bond motifs is 1. The van der Waals surface area contributed by atoms with E-state index < -0.39 is 0 Å². The molecule has 0 radical (unpaired) electrons. The van der Waals surface area contributed by atoms with Gasteiger partial charge in [0.05, 0.1) is 12.6 Å². The molecule has 2 aromatic rings. The first-order valence-electron chi connectivity index (χ1n) is 5.14. The number of aryl methyl sites for hydroxylation is 1. The number of ether oxygens (including phenoxy) is 1. The summed E-state index contributed by atoms with van der Waals surface area (Å²) in [5.74, 6) is 0.886. The van der Waals surface area contributed by atoms with E-state index in [1.807, 2.05) is 13.1 Å². The van der Waals surface area contributed by atoms with Crippen LogP contribution in [0.3, 0.4) is 0 Å². The number of methoxy groups -OCH3 is 1. The third kappa shape index (κ3) is 1.72. The van der Waals surface area contributed by atoms with Gasteiger partial charge in [0.25, 0.3) is 0 Å². The minimum atomic E-state index is 0.841. The first kappa shape index (κ1) is 11.5. The van der Waals surface area contributed by atoms with Crippen LogP contribution in [0, 0.1) is 0 Å². The molecule has 0 aliphatic rings. The number of benzene rings is 1. The third-order valence-electron chi connectivity index (χ3n) is 2.81. The highest BCUT2D eigenvalue weighted by molar-refractivity contribution is 9.10. The first-order chi connectivity index (χ1) is 7.69. The van der Waals surface area contributed by atoms with E-state index in [0.29, 0.717) is 0 Å². The predicted octanol–water partition coefficient (Wildman–Crippen LogP) is 2.67. The Balaban J connectivity index is 2.67. The molecule has 0 bridgehead atoms. The maximum absolute atomic E-state index is 5.24. The Labute approximate surface area is 104 Å². The van der Waals surface area contributed by atoms with Gasteiger partial charge in [0.2, 0.25) is 0 Å². The number of rotatable bonds is 3. The zero-order chi connectivity index (χ0) is 11.7. The second kappa shape index (κ2) is 4.47. The Morgan fingerprint density at radius 1 is 1.44 bits per heavy atom. The molecule has 86 valence electrons. The summed E-state index contributed by atoms with van der Waals surface area (Å²) >= 11 is 3.65. The lowest BCUT2D eigenvalue weighted by Gasteiger charge is -2.04. The number of nitrogens with zero attached hydrogens (tertiary/aromatic N) is 1. The molecule has 0 spiro atoms. The van der Waals surface area contributed by atoms with Crippen molar-refractivity contribution in [2.75, 3.05) is 14.2 Å². The molecule has 0 aliphatic carbocycles. The van der Waals surface area contributed by atoms with Crippen LogP contribution in [0.4, 0.5) is 0 Å². The summed E-state index contributed by atoms with van der Waals surface area (Å²) < 4.78 is 8.58. The van der Waals surface area contributed by atoms with Crippen LogP contribution < -0.4 is 10.1 Å². The lowest BCUT2D eigenvalue weighted by molar-refractivity contribution is 0.415. The van der Waals surface area contributed by atoms with Crippen LogP contribution in [0.5, 0.6) is 5.75 Å². The van der Waals surface area contributed by atoms with Gasteiger partial charge >= 0.3 is 0 Å². The van der Waals surface area contributed by atoms with Crippen LogP contribution in [-0.4, -0.2) is 18.7 Å². The van der Waals surface area contributed by atoms with E-state index >= 15 is 0 Å². The Bertz CT molecular complexity index is 519. The first-order valence-corrected chi connectivity index (χ1v) is 5.93. The second-order valence-electron chi connectivity index (χ2n) is 3.73. The lowest BCUT2D eigenvalue weighted by atomic mass is 10.2. The van der Waals surface area contributed by atoms with E-state index in [0.717, 1.165) is 16.8 Å². The van der Waals surface area contributed by atoms with Gasteiger partial charge in [-0.2, -0.15) is 0 Å². The van der Waals surface area contributed by atoms with Crippen molar-refractivity contribution in [3.63, 3.8) is 0 Å². The summed E-state index contributed by atoms with van der Waals surface area (Å²) in [5.41, 5.74) is 2.42. The van der Waals surface area contributed by atoms with E-state index in [1.165, 1.54) is 16.6 Å². The summed E-state index contributed by atoms with van der Waals surface area (Å²) in [4.78, 5) is 0. The molecule has 0 saturated carbocycles. The van der Waals surface area contributed by atoms with Crippen molar-refractivity contribution in [3.8, 4) is 5.75 Å². The number of aromatic nitrogens is 1. The van der Waals surface area contributed by atoms with E-state index in [9.17, 15) is 0 Å². The van der Waals surface area contributed by atoms with Gasteiger partial charge in [-0.1, -0.05) is 0 Å². The van der Waals surface area contributed by atoms with E-state index in [2.05, 4.69) is 45.0 Å². The molecule has 0 saturated heterocycles. The topological polar surface area (TPSA) is 26.2 Å². The fourth-order valence-electron chi connectivity index (χ4n) is 1.91. The fraction of sp³-hybridized carbons (Fsp3) is 0.333. The molecule has 2 rings (SSSR count). The summed E-state index contributed by atoms with van der Waals surface area (Å²) in [6.07, 6.45) is 0. The predicted molar refractivity (Wildman–Crippen MR) is 69.9 cm³/mol. The minimum absolute atomic E-state index is 0.841. The van der Waals surface area contributed by atoms with Gasteiger partial charge in [-0.25, -0.2) is 0 Å². The molecule has 1 aromatic carbocycles.